The van der Waals surface area contributed by atoms with E-state index in [0.29, 0.717) is 17.8 Å². The summed E-state index contributed by atoms with van der Waals surface area (Å²) in [5.74, 6) is 0.545. The largest absolute Gasteiger partial charge is 0.335 e. The molecular formula is C17H19N3O3S. The Morgan fingerprint density at radius 1 is 1.04 bits per heavy atom. The summed E-state index contributed by atoms with van der Waals surface area (Å²) in [4.78, 5) is 41.3. The molecular weight excluding hydrogens is 326 g/mol. The molecule has 0 spiro atoms. The first-order valence-corrected chi connectivity index (χ1v) is 9.43. The van der Waals surface area contributed by atoms with Crippen LogP contribution in [0.15, 0.2) is 12.3 Å². The van der Waals surface area contributed by atoms with E-state index in [1.54, 1.807) is 12.3 Å². The van der Waals surface area contributed by atoms with E-state index < -0.39 is 23.4 Å². The lowest BCUT2D eigenvalue weighted by Crippen LogP contribution is -2.61. The van der Waals surface area contributed by atoms with Gasteiger partial charge in [-0.25, -0.2) is 14.1 Å². The molecule has 4 saturated carbocycles. The lowest BCUT2D eigenvalue weighted by molar-refractivity contribution is -0.150. The third-order valence-corrected chi connectivity index (χ3v) is 7.07. The Morgan fingerprint density at radius 3 is 2.21 bits per heavy atom. The number of nitrogens with zero attached hydrogens (tertiary/aromatic N) is 3. The Labute approximate surface area is 144 Å². The van der Waals surface area contributed by atoms with Gasteiger partial charge in [-0.05, 0) is 73.9 Å². The molecule has 4 bridgehead atoms. The average Bonchev–Trinajstić information content (AvgIpc) is 3.09. The van der Waals surface area contributed by atoms with Gasteiger partial charge in [0.05, 0.1) is 12.1 Å². The molecule has 4 amide bonds. The monoisotopic (exact) mass is 345 g/mol. The summed E-state index contributed by atoms with van der Waals surface area (Å²) in [6.07, 6.45) is 7.99. The highest BCUT2D eigenvalue weighted by atomic mass is 32.1. The predicted octanol–water partition coefficient (Wildman–Crippen LogP) is 2.40. The smallest absolute Gasteiger partial charge is 0.263 e. The van der Waals surface area contributed by atoms with Crippen LogP contribution in [0.1, 0.15) is 43.4 Å². The van der Waals surface area contributed by atoms with Crippen LogP contribution in [-0.4, -0.2) is 37.6 Å². The van der Waals surface area contributed by atoms with Crippen molar-refractivity contribution in [1.82, 2.24) is 14.2 Å². The van der Waals surface area contributed by atoms with Crippen molar-refractivity contribution in [2.75, 3.05) is 0 Å². The first kappa shape index (κ1) is 14.6. The lowest BCUT2D eigenvalue weighted by Gasteiger charge is -2.58. The molecule has 126 valence electrons. The number of carbonyl (C=O) groups excluding carboxylic acids is 3. The van der Waals surface area contributed by atoms with Gasteiger partial charge in [-0.3, -0.25) is 14.5 Å². The van der Waals surface area contributed by atoms with Crippen molar-refractivity contribution in [2.45, 2.75) is 50.6 Å². The number of amides is 4. The van der Waals surface area contributed by atoms with Gasteiger partial charge in [0.15, 0.2) is 0 Å². The standard InChI is InChI=1S/C17H19N3O3S/c21-14-15(22)20(16(23)19(14)9-13-1-2-18-24-13)17-6-10-3-11(7-17)5-12(4-10)8-17/h1-2,10-12H,3-9H2. The van der Waals surface area contributed by atoms with E-state index in [9.17, 15) is 14.4 Å². The molecule has 1 aromatic rings. The molecule has 7 heteroatoms. The summed E-state index contributed by atoms with van der Waals surface area (Å²) in [5, 5.41) is 0. The molecule has 1 saturated heterocycles. The molecule has 1 aliphatic heterocycles. The van der Waals surface area contributed by atoms with Gasteiger partial charge in [-0.1, -0.05) is 0 Å². The van der Waals surface area contributed by atoms with Crippen molar-refractivity contribution in [3.63, 3.8) is 0 Å². The zero-order chi connectivity index (χ0) is 16.5. The first-order valence-electron chi connectivity index (χ1n) is 8.65. The fourth-order valence-electron chi connectivity index (χ4n) is 5.88. The molecule has 0 unspecified atom stereocenters. The van der Waals surface area contributed by atoms with E-state index in [1.807, 2.05) is 0 Å². The van der Waals surface area contributed by atoms with Gasteiger partial charge in [0.2, 0.25) is 0 Å². The van der Waals surface area contributed by atoms with E-state index in [4.69, 9.17) is 0 Å². The zero-order valence-electron chi connectivity index (χ0n) is 13.3. The van der Waals surface area contributed by atoms with Crippen LogP contribution < -0.4 is 0 Å². The van der Waals surface area contributed by atoms with E-state index in [-0.39, 0.29) is 6.54 Å². The Balaban J connectivity index is 1.47. The maximum Gasteiger partial charge on any atom is 0.335 e. The Bertz CT molecular complexity index is 694. The van der Waals surface area contributed by atoms with Gasteiger partial charge in [0.1, 0.15) is 0 Å². The topological polar surface area (TPSA) is 70.6 Å². The average molecular weight is 345 g/mol. The van der Waals surface area contributed by atoms with Crippen molar-refractivity contribution in [1.29, 1.82) is 0 Å². The van der Waals surface area contributed by atoms with Gasteiger partial charge >= 0.3 is 17.8 Å². The van der Waals surface area contributed by atoms with Crippen molar-refractivity contribution >= 4 is 29.4 Å². The van der Waals surface area contributed by atoms with Crippen molar-refractivity contribution in [3.05, 3.63) is 17.1 Å². The molecule has 24 heavy (non-hydrogen) atoms. The maximum atomic E-state index is 13.0. The highest BCUT2D eigenvalue weighted by Gasteiger charge is 2.60. The summed E-state index contributed by atoms with van der Waals surface area (Å²) in [7, 11) is 0. The van der Waals surface area contributed by atoms with Crippen LogP contribution in [0, 0.1) is 17.8 Å². The summed E-state index contributed by atoms with van der Waals surface area (Å²) >= 11 is 1.25. The minimum Gasteiger partial charge on any atom is -0.263 e. The number of rotatable bonds is 3. The molecule has 0 N–H and O–H groups in total. The van der Waals surface area contributed by atoms with Crippen LogP contribution in [-0.2, 0) is 16.1 Å². The fraction of sp³-hybridized carbons (Fsp3) is 0.647. The van der Waals surface area contributed by atoms with E-state index in [1.165, 1.54) is 35.7 Å². The third-order valence-electron chi connectivity index (χ3n) is 6.34. The first-order chi connectivity index (χ1) is 11.6. The molecule has 2 heterocycles. The van der Waals surface area contributed by atoms with E-state index >= 15 is 0 Å². The molecule has 6 rings (SSSR count). The molecule has 1 aromatic heterocycles. The van der Waals surface area contributed by atoms with Gasteiger partial charge in [0, 0.05) is 11.1 Å². The summed E-state index contributed by atoms with van der Waals surface area (Å²) in [6, 6.07) is 1.36. The lowest BCUT2D eigenvalue weighted by atomic mass is 9.52. The number of carbonyl (C=O) groups is 3. The van der Waals surface area contributed by atoms with Crippen molar-refractivity contribution in [3.8, 4) is 0 Å². The molecule has 0 aromatic carbocycles. The molecule has 0 atom stereocenters. The highest BCUT2D eigenvalue weighted by molar-refractivity contribution is 7.05. The minimum atomic E-state index is -0.677. The van der Waals surface area contributed by atoms with Crippen LogP contribution in [0.4, 0.5) is 4.79 Å². The third kappa shape index (κ3) is 1.93. The Hall–Kier alpha value is -1.76. The van der Waals surface area contributed by atoms with Gasteiger partial charge < -0.3 is 0 Å². The SMILES string of the molecule is O=C1C(=O)N(C23CC4CC(CC(C4)C2)C3)C(=O)N1Cc1ccns1. The normalized spacial score (nSPS) is 37.8. The predicted molar refractivity (Wildman–Crippen MR) is 85.8 cm³/mol. The van der Waals surface area contributed by atoms with Gasteiger partial charge in [-0.15, -0.1) is 0 Å². The molecule has 6 nitrogen and oxygen atoms in total. The minimum absolute atomic E-state index is 0.150. The second kappa shape index (κ2) is 4.88. The second-order valence-electron chi connectivity index (χ2n) is 7.94. The molecule has 0 radical (unpaired) electrons. The number of urea groups is 1. The van der Waals surface area contributed by atoms with Crippen molar-refractivity contribution in [2.24, 2.45) is 17.8 Å². The summed E-state index contributed by atoms with van der Waals surface area (Å²) < 4.78 is 4.00. The highest BCUT2D eigenvalue weighted by Crippen LogP contribution is 2.58. The molecule has 5 fully saturated rings. The quantitative estimate of drug-likeness (QED) is 0.623. The van der Waals surface area contributed by atoms with Gasteiger partial charge in [-0.2, -0.15) is 0 Å². The second-order valence-corrected chi connectivity index (χ2v) is 8.85. The Kier molecular flexibility index (Phi) is 2.96. The number of aromatic nitrogens is 1. The Morgan fingerprint density at radius 2 is 1.67 bits per heavy atom. The van der Waals surface area contributed by atoms with Crippen LogP contribution in [0.25, 0.3) is 0 Å². The number of imide groups is 2. The van der Waals surface area contributed by atoms with E-state index in [0.717, 1.165) is 29.0 Å². The maximum absolute atomic E-state index is 13.0. The number of hydrogen-bond donors (Lipinski definition) is 0. The summed E-state index contributed by atoms with van der Waals surface area (Å²) in [6.45, 7) is 0.150. The summed E-state index contributed by atoms with van der Waals surface area (Å²) in [5.41, 5.74) is -0.402. The molecule has 4 aliphatic carbocycles. The zero-order valence-corrected chi connectivity index (χ0v) is 14.1. The van der Waals surface area contributed by atoms with E-state index in [2.05, 4.69) is 4.37 Å². The number of hydrogen-bond acceptors (Lipinski definition) is 5. The van der Waals surface area contributed by atoms with Crippen LogP contribution in [0.3, 0.4) is 0 Å². The van der Waals surface area contributed by atoms with Crippen molar-refractivity contribution < 1.29 is 14.4 Å². The fourth-order valence-corrected chi connectivity index (χ4v) is 6.45. The van der Waals surface area contributed by atoms with Crippen LogP contribution in [0.2, 0.25) is 0 Å². The van der Waals surface area contributed by atoms with Crippen LogP contribution >= 0.6 is 11.5 Å². The molecule has 5 aliphatic rings. The van der Waals surface area contributed by atoms with Crippen LogP contribution in [0.5, 0.6) is 0 Å². The van der Waals surface area contributed by atoms with Gasteiger partial charge in [0.25, 0.3) is 0 Å².